The van der Waals surface area contributed by atoms with Crippen molar-refractivity contribution in [1.82, 2.24) is 9.88 Å². The van der Waals surface area contributed by atoms with Gasteiger partial charge in [-0.1, -0.05) is 6.07 Å². The van der Waals surface area contributed by atoms with Crippen molar-refractivity contribution in [3.05, 3.63) is 45.2 Å². The van der Waals surface area contributed by atoms with Gasteiger partial charge in [0.1, 0.15) is 0 Å². The Labute approximate surface area is 137 Å². The predicted octanol–water partition coefficient (Wildman–Crippen LogP) is 3.15. The maximum Gasteiger partial charge on any atom is 0.189 e. The number of hydrogen-bond acceptors (Lipinski definition) is 3. The van der Waals surface area contributed by atoms with Gasteiger partial charge in [0, 0.05) is 38.5 Å². The summed E-state index contributed by atoms with van der Waals surface area (Å²) in [6.45, 7) is 9.93. The van der Waals surface area contributed by atoms with Crippen LogP contribution in [0.3, 0.4) is 0 Å². The van der Waals surface area contributed by atoms with E-state index in [1.54, 1.807) is 12.3 Å². The molecule has 0 unspecified atom stereocenters. The summed E-state index contributed by atoms with van der Waals surface area (Å²) >= 11 is 0. The first-order valence-electron chi connectivity index (χ1n) is 8.54. The van der Waals surface area contributed by atoms with Gasteiger partial charge in [-0.05, 0) is 50.3 Å². The van der Waals surface area contributed by atoms with E-state index >= 15 is 0 Å². The fraction of sp³-hybridized carbons (Fsp3) is 0.526. The van der Waals surface area contributed by atoms with Gasteiger partial charge in [0.2, 0.25) is 0 Å². The Morgan fingerprint density at radius 1 is 1.26 bits per heavy atom. The average Bonchev–Trinajstić information content (AvgIpc) is 2.53. The number of nitrogens with one attached hydrogen (secondary N) is 1. The summed E-state index contributed by atoms with van der Waals surface area (Å²) in [4.78, 5) is 18.1. The van der Waals surface area contributed by atoms with Crippen molar-refractivity contribution in [3.63, 3.8) is 0 Å². The molecule has 1 fully saturated rings. The Kier molecular flexibility index (Phi) is 4.83. The van der Waals surface area contributed by atoms with Crippen molar-refractivity contribution in [2.75, 3.05) is 19.7 Å². The Bertz CT molecular complexity index is 743. The molecular formula is C19H26N2O2. The highest BCUT2D eigenvalue weighted by atomic mass is 16.5. The lowest BCUT2D eigenvalue weighted by molar-refractivity contribution is 0.0126. The molecule has 2 heterocycles. The summed E-state index contributed by atoms with van der Waals surface area (Å²) in [5, 5.41) is 0.858. The second-order valence-electron chi connectivity index (χ2n) is 6.51. The van der Waals surface area contributed by atoms with Crippen molar-refractivity contribution in [2.45, 2.75) is 46.3 Å². The number of rotatable bonds is 4. The third-order valence-corrected chi connectivity index (χ3v) is 4.88. The van der Waals surface area contributed by atoms with Crippen LogP contribution in [0.2, 0.25) is 0 Å². The Morgan fingerprint density at radius 3 is 2.70 bits per heavy atom. The Balaban J connectivity index is 1.88. The molecule has 23 heavy (non-hydrogen) atoms. The van der Waals surface area contributed by atoms with E-state index in [0.29, 0.717) is 6.10 Å². The van der Waals surface area contributed by atoms with Gasteiger partial charge in [-0.25, -0.2) is 0 Å². The van der Waals surface area contributed by atoms with Crippen LogP contribution in [-0.2, 0) is 11.3 Å². The molecule has 1 aromatic carbocycles. The molecule has 0 aliphatic carbocycles. The van der Waals surface area contributed by atoms with Gasteiger partial charge in [0.05, 0.1) is 17.0 Å². The number of fused-ring (bicyclic) bond motifs is 1. The van der Waals surface area contributed by atoms with Crippen molar-refractivity contribution in [2.24, 2.45) is 0 Å². The molecule has 1 aromatic heterocycles. The van der Waals surface area contributed by atoms with E-state index < -0.39 is 0 Å². The van der Waals surface area contributed by atoms with E-state index in [2.05, 4.69) is 36.7 Å². The fourth-order valence-electron chi connectivity index (χ4n) is 3.67. The van der Waals surface area contributed by atoms with E-state index in [1.165, 1.54) is 11.1 Å². The number of hydrogen-bond donors (Lipinski definition) is 1. The van der Waals surface area contributed by atoms with Gasteiger partial charge in [0.25, 0.3) is 0 Å². The van der Waals surface area contributed by atoms with Gasteiger partial charge in [-0.2, -0.15) is 0 Å². The number of piperidine rings is 1. The number of H-pyrrole nitrogens is 1. The number of likely N-dealkylation sites (tertiary alicyclic amines) is 1. The molecule has 0 spiro atoms. The molecule has 4 nitrogen and oxygen atoms in total. The smallest absolute Gasteiger partial charge is 0.189 e. The van der Waals surface area contributed by atoms with Crippen LogP contribution in [0.5, 0.6) is 0 Å². The van der Waals surface area contributed by atoms with Gasteiger partial charge < -0.3 is 9.72 Å². The Hall–Kier alpha value is -1.65. The Morgan fingerprint density at radius 2 is 2.00 bits per heavy atom. The first-order valence-corrected chi connectivity index (χ1v) is 8.54. The largest absolute Gasteiger partial charge is 0.378 e. The number of aromatic nitrogens is 1. The number of nitrogens with zero attached hydrogens (tertiary/aromatic N) is 1. The summed E-state index contributed by atoms with van der Waals surface area (Å²) in [6, 6.07) is 3.81. The lowest BCUT2D eigenvalue weighted by atomic mass is 9.97. The molecule has 0 atom stereocenters. The minimum atomic E-state index is 0.116. The average molecular weight is 314 g/mol. The van der Waals surface area contributed by atoms with E-state index in [9.17, 15) is 4.79 Å². The summed E-state index contributed by atoms with van der Waals surface area (Å²) in [5.74, 6) is 0. The van der Waals surface area contributed by atoms with Crippen LogP contribution < -0.4 is 5.43 Å². The molecule has 3 rings (SSSR count). The zero-order valence-electron chi connectivity index (χ0n) is 14.3. The van der Waals surface area contributed by atoms with E-state index in [0.717, 1.165) is 55.5 Å². The molecule has 2 aromatic rings. The van der Waals surface area contributed by atoms with Crippen LogP contribution in [0, 0.1) is 13.8 Å². The molecule has 0 saturated carbocycles. The van der Waals surface area contributed by atoms with Gasteiger partial charge in [-0.3, -0.25) is 9.69 Å². The molecule has 1 aliphatic rings. The minimum Gasteiger partial charge on any atom is -0.378 e. The summed E-state index contributed by atoms with van der Waals surface area (Å²) in [7, 11) is 0. The SMILES string of the molecule is CCOC1CCN(Cc2c(C)cc(C)c3[nH]ccc(=O)c23)CC1. The van der Waals surface area contributed by atoms with Crippen molar-refractivity contribution in [3.8, 4) is 0 Å². The maximum atomic E-state index is 12.4. The predicted molar refractivity (Wildman–Crippen MR) is 94.0 cm³/mol. The highest BCUT2D eigenvalue weighted by Crippen LogP contribution is 2.24. The number of aromatic amines is 1. The molecule has 1 N–H and O–H groups in total. The fourth-order valence-corrected chi connectivity index (χ4v) is 3.67. The zero-order chi connectivity index (χ0) is 16.4. The molecule has 124 valence electrons. The third kappa shape index (κ3) is 3.33. The molecule has 1 aliphatic heterocycles. The van der Waals surface area contributed by atoms with Crippen molar-refractivity contribution >= 4 is 10.9 Å². The highest BCUT2D eigenvalue weighted by molar-refractivity contribution is 5.85. The molecule has 0 amide bonds. The molecule has 0 radical (unpaired) electrons. The monoisotopic (exact) mass is 314 g/mol. The normalized spacial score (nSPS) is 17.0. The lowest BCUT2D eigenvalue weighted by Gasteiger charge is -2.32. The van der Waals surface area contributed by atoms with Crippen LogP contribution in [-0.4, -0.2) is 35.7 Å². The number of ether oxygens (including phenoxy) is 1. The van der Waals surface area contributed by atoms with E-state index in [4.69, 9.17) is 4.74 Å². The van der Waals surface area contributed by atoms with Gasteiger partial charge >= 0.3 is 0 Å². The number of aryl methyl sites for hydroxylation is 2. The topological polar surface area (TPSA) is 45.3 Å². The zero-order valence-corrected chi connectivity index (χ0v) is 14.3. The highest BCUT2D eigenvalue weighted by Gasteiger charge is 2.21. The molecule has 4 heteroatoms. The molecule has 1 saturated heterocycles. The van der Waals surface area contributed by atoms with Crippen LogP contribution in [0.4, 0.5) is 0 Å². The quantitative estimate of drug-likeness (QED) is 0.943. The summed E-state index contributed by atoms with van der Waals surface area (Å²) in [5.41, 5.74) is 4.60. The van der Waals surface area contributed by atoms with E-state index in [1.807, 2.05) is 0 Å². The summed E-state index contributed by atoms with van der Waals surface area (Å²) in [6.07, 6.45) is 4.29. The van der Waals surface area contributed by atoms with Crippen LogP contribution in [0.25, 0.3) is 10.9 Å². The van der Waals surface area contributed by atoms with Crippen molar-refractivity contribution < 1.29 is 4.74 Å². The number of pyridine rings is 1. The van der Waals surface area contributed by atoms with Crippen LogP contribution >= 0.6 is 0 Å². The summed E-state index contributed by atoms with van der Waals surface area (Å²) < 4.78 is 5.73. The second kappa shape index (κ2) is 6.85. The van der Waals surface area contributed by atoms with Gasteiger partial charge in [0.15, 0.2) is 5.43 Å². The van der Waals surface area contributed by atoms with Crippen LogP contribution in [0.15, 0.2) is 23.1 Å². The van der Waals surface area contributed by atoms with Gasteiger partial charge in [-0.15, -0.1) is 0 Å². The maximum absolute atomic E-state index is 12.4. The number of benzene rings is 1. The first-order chi connectivity index (χ1) is 11.1. The first kappa shape index (κ1) is 16.2. The lowest BCUT2D eigenvalue weighted by Crippen LogP contribution is -2.37. The standard InChI is InChI=1S/C19H26N2O2/c1-4-23-15-6-9-21(10-7-15)12-16-13(2)11-14(3)19-18(16)17(22)5-8-20-19/h5,8,11,15H,4,6-7,9-10,12H2,1-3H3,(H,20,22). The third-order valence-electron chi connectivity index (χ3n) is 4.88. The molecular weight excluding hydrogens is 288 g/mol. The minimum absolute atomic E-state index is 0.116. The van der Waals surface area contributed by atoms with Crippen LogP contribution in [0.1, 0.15) is 36.5 Å². The van der Waals surface area contributed by atoms with Crippen molar-refractivity contribution in [1.29, 1.82) is 0 Å². The second-order valence-corrected chi connectivity index (χ2v) is 6.51. The molecule has 0 bridgehead atoms. The van der Waals surface area contributed by atoms with E-state index in [-0.39, 0.29) is 5.43 Å².